The van der Waals surface area contributed by atoms with Gasteiger partial charge in [-0.05, 0) is 54.4 Å². The molecule has 5 nitrogen and oxygen atoms in total. The van der Waals surface area contributed by atoms with Gasteiger partial charge in [0.05, 0.1) is 11.3 Å². The fraction of sp³-hybridized carbons (Fsp3) is 0.185. The molecule has 1 atom stereocenters. The first-order valence-electron chi connectivity index (χ1n) is 10.8. The molecule has 166 valence electrons. The fourth-order valence-electron chi connectivity index (χ4n) is 4.28. The summed E-state index contributed by atoms with van der Waals surface area (Å²) >= 11 is 5.92. The van der Waals surface area contributed by atoms with Crippen LogP contribution < -0.4 is 9.64 Å². The molecule has 0 radical (unpaired) electrons. The zero-order valence-electron chi connectivity index (χ0n) is 18.1. The van der Waals surface area contributed by atoms with E-state index in [9.17, 15) is 9.59 Å². The summed E-state index contributed by atoms with van der Waals surface area (Å²) in [5, 5.41) is 0.685. The molecule has 1 unspecified atom stereocenters. The molecule has 1 amide bonds. The number of ether oxygens (including phenoxy) is 2. The van der Waals surface area contributed by atoms with Gasteiger partial charge in [-0.25, -0.2) is 4.79 Å². The van der Waals surface area contributed by atoms with Gasteiger partial charge in [-0.2, -0.15) is 0 Å². The Labute approximate surface area is 197 Å². The Morgan fingerprint density at radius 2 is 1.67 bits per heavy atom. The molecule has 0 saturated heterocycles. The van der Waals surface area contributed by atoms with E-state index in [0.29, 0.717) is 28.6 Å². The van der Waals surface area contributed by atoms with Crippen LogP contribution in [0, 0.1) is 6.92 Å². The predicted octanol–water partition coefficient (Wildman–Crippen LogP) is 5.56. The van der Waals surface area contributed by atoms with Crippen LogP contribution in [0.4, 0.5) is 5.69 Å². The quantitative estimate of drug-likeness (QED) is 0.469. The number of benzene rings is 3. The van der Waals surface area contributed by atoms with Crippen molar-refractivity contribution in [3.8, 4) is 5.75 Å². The van der Waals surface area contributed by atoms with Crippen LogP contribution >= 0.6 is 11.6 Å². The SMILES string of the molecule is Cc1ccc(N2C(=O)CC(c3ccc(OCc4ccc(Cl)cc4)cc3)C3=C2COC3=O)cc1. The summed E-state index contributed by atoms with van der Waals surface area (Å²) < 4.78 is 11.2. The molecule has 33 heavy (non-hydrogen) atoms. The van der Waals surface area contributed by atoms with E-state index in [1.807, 2.05) is 79.7 Å². The lowest BCUT2D eigenvalue weighted by Crippen LogP contribution is -2.37. The predicted molar refractivity (Wildman–Crippen MR) is 126 cm³/mol. The summed E-state index contributed by atoms with van der Waals surface area (Å²) in [6.07, 6.45) is 0.201. The lowest BCUT2D eigenvalue weighted by atomic mass is 9.84. The minimum Gasteiger partial charge on any atom is -0.489 e. The molecule has 0 N–H and O–H groups in total. The average molecular weight is 460 g/mol. The summed E-state index contributed by atoms with van der Waals surface area (Å²) in [5.74, 6) is -0.0403. The summed E-state index contributed by atoms with van der Waals surface area (Å²) in [6.45, 7) is 2.52. The molecular formula is C27H22ClNO4. The number of nitrogens with zero attached hydrogens (tertiary/aromatic N) is 1. The van der Waals surface area contributed by atoms with Gasteiger partial charge in [-0.1, -0.05) is 53.6 Å². The number of anilines is 1. The zero-order chi connectivity index (χ0) is 22.9. The van der Waals surface area contributed by atoms with Gasteiger partial charge in [0.2, 0.25) is 5.91 Å². The highest BCUT2D eigenvalue weighted by atomic mass is 35.5. The van der Waals surface area contributed by atoms with Crippen LogP contribution in [0.15, 0.2) is 84.1 Å². The van der Waals surface area contributed by atoms with Crippen LogP contribution in [0.3, 0.4) is 0 Å². The van der Waals surface area contributed by atoms with E-state index in [1.165, 1.54) is 0 Å². The third-order valence-corrected chi connectivity index (χ3v) is 6.26. The first-order valence-corrected chi connectivity index (χ1v) is 11.1. The van der Waals surface area contributed by atoms with Crippen molar-refractivity contribution in [1.82, 2.24) is 0 Å². The van der Waals surface area contributed by atoms with Crippen LogP contribution in [0.25, 0.3) is 0 Å². The molecular weight excluding hydrogens is 438 g/mol. The summed E-state index contributed by atoms with van der Waals surface area (Å²) in [4.78, 5) is 27.4. The molecule has 0 bridgehead atoms. The van der Waals surface area contributed by atoms with Crippen LogP contribution in [0.2, 0.25) is 5.02 Å². The number of hydrogen-bond donors (Lipinski definition) is 0. The Hall–Kier alpha value is -3.57. The van der Waals surface area contributed by atoms with Crippen molar-refractivity contribution in [3.63, 3.8) is 0 Å². The number of rotatable bonds is 5. The van der Waals surface area contributed by atoms with Crippen molar-refractivity contribution in [2.75, 3.05) is 11.5 Å². The number of halogens is 1. The Morgan fingerprint density at radius 3 is 2.36 bits per heavy atom. The van der Waals surface area contributed by atoms with E-state index in [0.717, 1.165) is 22.4 Å². The van der Waals surface area contributed by atoms with Crippen LogP contribution in [0.1, 0.15) is 29.0 Å². The molecule has 0 aromatic heterocycles. The number of aryl methyl sites for hydroxylation is 1. The maximum absolute atomic E-state index is 13.2. The lowest BCUT2D eigenvalue weighted by Gasteiger charge is -2.32. The Kier molecular flexibility index (Phi) is 5.65. The molecule has 5 rings (SSSR count). The summed E-state index contributed by atoms with van der Waals surface area (Å²) in [5.41, 5.74) is 4.95. The van der Waals surface area contributed by atoms with Crippen LogP contribution in [-0.4, -0.2) is 18.5 Å². The van der Waals surface area contributed by atoms with E-state index in [2.05, 4.69) is 0 Å². The van der Waals surface area contributed by atoms with Crippen molar-refractivity contribution >= 4 is 29.2 Å². The van der Waals surface area contributed by atoms with E-state index in [4.69, 9.17) is 21.1 Å². The van der Waals surface area contributed by atoms with Crippen molar-refractivity contribution in [2.45, 2.75) is 25.9 Å². The Morgan fingerprint density at radius 1 is 0.970 bits per heavy atom. The third-order valence-electron chi connectivity index (χ3n) is 6.01. The molecule has 0 aliphatic carbocycles. The highest BCUT2D eigenvalue weighted by molar-refractivity contribution is 6.30. The second-order valence-corrected chi connectivity index (χ2v) is 8.68. The molecule has 3 aromatic rings. The van der Waals surface area contributed by atoms with Crippen molar-refractivity contribution in [2.24, 2.45) is 0 Å². The number of esters is 1. The summed E-state index contributed by atoms with van der Waals surface area (Å²) in [7, 11) is 0. The van der Waals surface area contributed by atoms with Gasteiger partial charge in [0, 0.05) is 23.0 Å². The van der Waals surface area contributed by atoms with Gasteiger partial charge in [0.25, 0.3) is 0 Å². The molecule has 2 aliphatic heterocycles. The van der Waals surface area contributed by atoms with Gasteiger partial charge in [-0.15, -0.1) is 0 Å². The largest absolute Gasteiger partial charge is 0.489 e. The van der Waals surface area contributed by atoms with Gasteiger partial charge in [-0.3, -0.25) is 9.69 Å². The Balaban J connectivity index is 1.38. The average Bonchev–Trinajstić information content (AvgIpc) is 3.21. The third kappa shape index (κ3) is 4.24. The van der Waals surface area contributed by atoms with Crippen molar-refractivity contribution < 1.29 is 19.1 Å². The number of carbonyl (C=O) groups excluding carboxylic acids is 2. The number of hydrogen-bond acceptors (Lipinski definition) is 4. The smallest absolute Gasteiger partial charge is 0.336 e. The van der Waals surface area contributed by atoms with Crippen LogP contribution in [-0.2, 0) is 20.9 Å². The molecule has 0 spiro atoms. The number of amides is 1. The van der Waals surface area contributed by atoms with Crippen molar-refractivity contribution in [3.05, 3.63) is 106 Å². The molecule has 0 fully saturated rings. The van der Waals surface area contributed by atoms with Gasteiger partial charge >= 0.3 is 5.97 Å². The number of cyclic esters (lactones) is 1. The van der Waals surface area contributed by atoms with E-state index in [1.54, 1.807) is 4.90 Å². The molecule has 3 aromatic carbocycles. The highest BCUT2D eigenvalue weighted by Crippen LogP contribution is 2.42. The maximum Gasteiger partial charge on any atom is 0.336 e. The standard InChI is InChI=1S/C27H22ClNO4/c1-17-2-10-21(11-3-17)29-24-16-33-27(31)26(24)23(14-25(29)30)19-6-12-22(13-7-19)32-15-18-4-8-20(28)9-5-18/h2-13,23H,14-16H2,1H3. The normalized spacial score (nSPS) is 17.8. The van der Waals surface area contributed by atoms with E-state index < -0.39 is 0 Å². The summed E-state index contributed by atoms with van der Waals surface area (Å²) in [6, 6.07) is 22.7. The first kappa shape index (κ1) is 21.3. The fourth-order valence-corrected chi connectivity index (χ4v) is 4.40. The van der Waals surface area contributed by atoms with E-state index in [-0.39, 0.29) is 30.8 Å². The molecule has 2 aliphatic rings. The molecule has 0 saturated carbocycles. The highest BCUT2D eigenvalue weighted by Gasteiger charge is 2.42. The number of carbonyl (C=O) groups is 2. The van der Waals surface area contributed by atoms with Gasteiger partial charge < -0.3 is 9.47 Å². The monoisotopic (exact) mass is 459 g/mol. The lowest BCUT2D eigenvalue weighted by molar-refractivity contribution is -0.136. The second kappa shape index (κ2) is 8.75. The topological polar surface area (TPSA) is 55.8 Å². The van der Waals surface area contributed by atoms with E-state index >= 15 is 0 Å². The first-order chi connectivity index (χ1) is 16.0. The Bertz CT molecular complexity index is 1230. The van der Waals surface area contributed by atoms with Crippen molar-refractivity contribution in [1.29, 1.82) is 0 Å². The minimum absolute atomic E-state index is 0.0519. The molecule has 2 heterocycles. The zero-order valence-corrected chi connectivity index (χ0v) is 18.8. The maximum atomic E-state index is 13.2. The molecule has 6 heteroatoms. The van der Waals surface area contributed by atoms with Crippen LogP contribution in [0.5, 0.6) is 5.75 Å². The van der Waals surface area contributed by atoms with Gasteiger partial charge in [0.1, 0.15) is 19.0 Å². The minimum atomic E-state index is -0.359. The second-order valence-electron chi connectivity index (χ2n) is 8.24. The van der Waals surface area contributed by atoms with Gasteiger partial charge in [0.15, 0.2) is 0 Å².